The molecule has 2 heteroatoms. The van der Waals surface area contributed by atoms with E-state index in [2.05, 4.69) is 95.2 Å². The molecule has 4 aliphatic rings. The van der Waals surface area contributed by atoms with Crippen LogP contribution in [0, 0.1) is 23.7 Å². The zero-order chi connectivity index (χ0) is 18.5. The van der Waals surface area contributed by atoms with Crippen molar-refractivity contribution in [3.63, 3.8) is 0 Å². The van der Waals surface area contributed by atoms with Crippen LogP contribution in [0.15, 0.2) is 95.2 Å². The van der Waals surface area contributed by atoms with Gasteiger partial charge in [0.15, 0.2) is 0 Å². The van der Waals surface area contributed by atoms with E-state index < -0.39 is 0 Å². The fourth-order valence-corrected chi connectivity index (χ4v) is 5.05. The van der Waals surface area contributed by atoms with Gasteiger partial charge in [-0.25, -0.2) is 0 Å². The number of hydrogen-bond donors (Lipinski definition) is 0. The minimum Gasteiger partial charge on any atom is -0.151 e. The van der Waals surface area contributed by atoms with Gasteiger partial charge in [0.05, 0.1) is 11.4 Å². The van der Waals surface area contributed by atoms with E-state index in [0.29, 0.717) is 23.7 Å². The third-order valence-corrected chi connectivity index (χ3v) is 6.50. The van der Waals surface area contributed by atoms with Gasteiger partial charge in [0.25, 0.3) is 0 Å². The Morgan fingerprint density at radius 2 is 0.964 bits per heavy atom. The minimum absolute atomic E-state index is 0.608. The van der Waals surface area contributed by atoms with E-state index in [4.69, 9.17) is 0 Å². The van der Waals surface area contributed by atoms with Crippen LogP contribution >= 0.6 is 0 Å². The summed E-state index contributed by atoms with van der Waals surface area (Å²) in [6.45, 7) is 0. The second kappa shape index (κ2) is 6.27. The highest BCUT2D eigenvalue weighted by Gasteiger charge is 2.29. The van der Waals surface area contributed by atoms with E-state index in [9.17, 15) is 0 Å². The molecule has 0 N–H and O–H groups in total. The molecule has 2 nitrogen and oxygen atoms in total. The van der Waals surface area contributed by atoms with Crippen LogP contribution in [0.1, 0.15) is 24.0 Å². The number of azo groups is 1. The predicted molar refractivity (Wildman–Crippen MR) is 114 cm³/mol. The maximum atomic E-state index is 4.42. The van der Waals surface area contributed by atoms with Crippen LogP contribution in [-0.2, 0) is 0 Å². The van der Waals surface area contributed by atoms with Gasteiger partial charge in [-0.3, -0.25) is 0 Å². The van der Waals surface area contributed by atoms with Gasteiger partial charge in [-0.2, -0.15) is 10.2 Å². The number of rotatable bonds is 4. The maximum absolute atomic E-state index is 4.42. The Hall–Kier alpha value is -3.00. The van der Waals surface area contributed by atoms with E-state index in [-0.39, 0.29) is 0 Å². The Morgan fingerprint density at radius 1 is 0.536 bits per heavy atom. The van der Waals surface area contributed by atoms with Gasteiger partial charge >= 0.3 is 0 Å². The highest BCUT2D eigenvalue weighted by molar-refractivity contribution is 5.74. The molecular formula is C26H22N2. The molecule has 6 rings (SSSR count). The lowest BCUT2D eigenvalue weighted by molar-refractivity contribution is 0.738. The third-order valence-electron chi connectivity index (χ3n) is 6.50. The molecule has 0 spiro atoms. The second-order valence-corrected chi connectivity index (χ2v) is 8.32. The highest BCUT2D eigenvalue weighted by Crippen LogP contribution is 2.44. The molecule has 2 aromatic rings. The van der Waals surface area contributed by atoms with Gasteiger partial charge in [-0.15, -0.1) is 0 Å². The van der Waals surface area contributed by atoms with Gasteiger partial charge in [-0.1, -0.05) is 60.7 Å². The van der Waals surface area contributed by atoms with Crippen LogP contribution in [0.25, 0.3) is 11.1 Å². The largest absolute Gasteiger partial charge is 0.151 e. The van der Waals surface area contributed by atoms with Crippen molar-refractivity contribution in [3.05, 3.63) is 96.1 Å². The Bertz CT molecular complexity index is 977. The van der Waals surface area contributed by atoms with Gasteiger partial charge in [-0.05, 0) is 71.2 Å². The zero-order valence-electron chi connectivity index (χ0n) is 15.7. The van der Waals surface area contributed by atoms with Crippen molar-refractivity contribution in [2.45, 2.75) is 12.8 Å². The van der Waals surface area contributed by atoms with E-state index in [1.54, 1.807) is 0 Å². The van der Waals surface area contributed by atoms with Crippen molar-refractivity contribution in [1.82, 2.24) is 0 Å². The van der Waals surface area contributed by atoms with Gasteiger partial charge < -0.3 is 0 Å². The Morgan fingerprint density at radius 3 is 1.29 bits per heavy atom. The van der Waals surface area contributed by atoms with Crippen molar-refractivity contribution >= 4 is 22.5 Å². The van der Waals surface area contributed by atoms with Crippen molar-refractivity contribution in [2.24, 2.45) is 33.9 Å². The van der Waals surface area contributed by atoms with Crippen LogP contribution in [0.3, 0.4) is 0 Å². The standard InChI is InChI=1S/C26H22N2/c1-3-21-13-17(1)15-25(21)19-5-9-23(10-6-19)27-28-24-11-7-20(8-12-24)26-16-18-2-4-22(26)14-18/h1-12,15-18,21-22H,13-14H2. The molecular weight excluding hydrogens is 340 g/mol. The molecule has 2 aromatic carbocycles. The predicted octanol–water partition coefficient (Wildman–Crippen LogP) is 7.28. The third kappa shape index (κ3) is 2.72. The first-order chi connectivity index (χ1) is 13.8. The summed E-state index contributed by atoms with van der Waals surface area (Å²) in [4.78, 5) is 0. The average molecular weight is 362 g/mol. The Labute approximate surface area is 165 Å². The molecule has 4 bridgehead atoms. The van der Waals surface area contributed by atoms with Crippen LogP contribution in [-0.4, -0.2) is 0 Å². The quantitative estimate of drug-likeness (QED) is 0.403. The van der Waals surface area contributed by atoms with Crippen LogP contribution in [0.4, 0.5) is 11.4 Å². The monoisotopic (exact) mass is 362 g/mol. The maximum Gasteiger partial charge on any atom is 0.0857 e. The topological polar surface area (TPSA) is 24.7 Å². The lowest BCUT2D eigenvalue weighted by atomic mass is 9.95. The van der Waals surface area contributed by atoms with Crippen molar-refractivity contribution in [1.29, 1.82) is 0 Å². The molecule has 0 fully saturated rings. The number of allylic oxidation sites excluding steroid dienone is 8. The fraction of sp³-hybridized carbons (Fsp3) is 0.231. The highest BCUT2D eigenvalue weighted by atomic mass is 15.1. The van der Waals surface area contributed by atoms with Crippen molar-refractivity contribution < 1.29 is 0 Å². The molecule has 4 atom stereocenters. The minimum atomic E-state index is 0.608. The van der Waals surface area contributed by atoms with Gasteiger partial charge in [0.2, 0.25) is 0 Å². The summed E-state index contributed by atoms with van der Waals surface area (Å²) in [5.41, 5.74) is 7.36. The summed E-state index contributed by atoms with van der Waals surface area (Å²) < 4.78 is 0. The van der Waals surface area contributed by atoms with Gasteiger partial charge in [0, 0.05) is 11.8 Å². The van der Waals surface area contributed by atoms with Crippen LogP contribution in [0.2, 0.25) is 0 Å². The van der Waals surface area contributed by atoms with Crippen molar-refractivity contribution in [3.8, 4) is 0 Å². The fourth-order valence-electron chi connectivity index (χ4n) is 5.05. The Balaban J connectivity index is 1.15. The van der Waals surface area contributed by atoms with E-state index >= 15 is 0 Å². The zero-order valence-corrected chi connectivity index (χ0v) is 15.7. The number of fused-ring (bicyclic) bond motifs is 4. The van der Waals surface area contributed by atoms with Crippen LogP contribution in [0.5, 0.6) is 0 Å². The molecule has 4 aliphatic carbocycles. The molecule has 0 heterocycles. The molecule has 0 saturated heterocycles. The lowest BCUT2D eigenvalue weighted by Gasteiger charge is -2.10. The molecule has 0 radical (unpaired) electrons. The van der Waals surface area contributed by atoms with Crippen LogP contribution < -0.4 is 0 Å². The van der Waals surface area contributed by atoms with E-state index in [1.807, 2.05) is 0 Å². The lowest BCUT2D eigenvalue weighted by Crippen LogP contribution is -1.92. The molecule has 28 heavy (non-hydrogen) atoms. The number of hydrogen-bond acceptors (Lipinski definition) is 2. The van der Waals surface area contributed by atoms with Crippen molar-refractivity contribution in [2.75, 3.05) is 0 Å². The second-order valence-electron chi connectivity index (χ2n) is 8.32. The SMILES string of the molecule is C1=CC2CC1C=C2c1ccc(N=Nc2ccc(C3=CC4C=CC3C4)cc2)cc1. The summed E-state index contributed by atoms with van der Waals surface area (Å²) in [7, 11) is 0. The number of benzene rings is 2. The molecule has 0 saturated carbocycles. The molecule has 4 unspecified atom stereocenters. The summed E-state index contributed by atoms with van der Waals surface area (Å²) in [6.07, 6.45) is 16.7. The smallest absolute Gasteiger partial charge is 0.0857 e. The first-order valence-electron chi connectivity index (χ1n) is 10.2. The summed E-state index contributed by atoms with van der Waals surface area (Å²) in [5, 5.41) is 8.85. The first-order valence-corrected chi connectivity index (χ1v) is 10.2. The normalized spacial score (nSPS) is 29.1. The summed E-state index contributed by atoms with van der Waals surface area (Å²) in [5.74, 6) is 2.51. The number of nitrogens with zero attached hydrogens (tertiary/aromatic N) is 2. The Kier molecular flexibility index (Phi) is 3.58. The van der Waals surface area contributed by atoms with E-state index in [1.165, 1.54) is 35.1 Å². The van der Waals surface area contributed by atoms with E-state index in [0.717, 1.165) is 11.4 Å². The molecule has 0 amide bonds. The molecule has 0 aliphatic heterocycles. The average Bonchev–Trinajstić information content (AvgIpc) is 3.54. The summed E-state index contributed by atoms with van der Waals surface area (Å²) >= 11 is 0. The first kappa shape index (κ1) is 16.0. The summed E-state index contributed by atoms with van der Waals surface area (Å²) in [6, 6.07) is 17.0. The molecule has 0 aromatic heterocycles. The molecule has 136 valence electrons. The van der Waals surface area contributed by atoms with Gasteiger partial charge in [0.1, 0.15) is 0 Å².